The summed E-state index contributed by atoms with van der Waals surface area (Å²) in [5, 5.41) is 4.73. The van der Waals surface area contributed by atoms with Gasteiger partial charge in [0.05, 0.1) is 29.7 Å². The summed E-state index contributed by atoms with van der Waals surface area (Å²) in [5.41, 5.74) is 2.03. The Bertz CT molecular complexity index is 1260. The molecule has 1 aliphatic heterocycles. The lowest BCUT2D eigenvalue weighted by Crippen LogP contribution is -2.38. The van der Waals surface area contributed by atoms with E-state index in [1.165, 1.54) is 22.7 Å². The minimum absolute atomic E-state index is 0.0673. The first-order valence-electron chi connectivity index (χ1n) is 10.4. The molecule has 1 fully saturated rings. The maximum absolute atomic E-state index is 13.9. The summed E-state index contributed by atoms with van der Waals surface area (Å²) >= 11 is 12.3. The first-order chi connectivity index (χ1) is 15.6. The smallest absolute Gasteiger partial charge is 0.211 e. The highest BCUT2D eigenvalue weighted by atomic mass is 35.5. The molecule has 0 saturated carbocycles. The fourth-order valence-electron chi connectivity index (χ4n) is 3.94. The number of sulfonamides is 1. The highest BCUT2D eigenvalue weighted by molar-refractivity contribution is 7.88. The van der Waals surface area contributed by atoms with E-state index in [2.05, 4.69) is 10.1 Å². The van der Waals surface area contributed by atoms with E-state index in [0.717, 1.165) is 11.1 Å². The van der Waals surface area contributed by atoms with Crippen molar-refractivity contribution in [2.24, 2.45) is 0 Å². The van der Waals surface area contributed by atoms with E-state index in [4.69, 9.17) is 27.9 Å². The summed E-state index contributed by atoms with van der Waals surface area (Å²) < 4.78 is 46.7. The van der Waals surface area contributed by atoms with Crippen molar-refractivity contribution in [3.63, 3.8) is 0 Å². The third-order valence-corrected chi connectivity index (χ3v) is 7.73. The Morgan fingerprint density at radius 3 is 2.58 bits per heavy atom. The number of aromatic nitrogens is 3. The highest BCUT2D eigenvalue weighted by Crippen LogP contribution is 2.35. The van der Waals surface area contributed by atoms with Crippen molar-refractivity contribution in [2.45, 2.75) is 31.9 Å². The second-order valence-electron chi connectivity index (χ2n) is 8.03. The fourth-order valence-corrected chi connectivity index (χ4v) is 5.50. The highest BCUT2D eigenvalue weighted by Gasteiger charge is 2.26. The second kappa shape index (κ2) is 9.58. The number of hydrogen-bond acceptors (Lipinski definition) is 5. The van der Waals surface area contributed by atoms with Crippen molar-refractivity contribution in [1.29, 1.82) is 0 Å². The van der Waals surface area contributed by atoms with E-state index in [0.29, 0.717) is 42.3 Å². The van der Waals surface area contributed by atoms with Crippen LogP contribution in [-0.2, 0) is 10.0 Å². The van der Waals surface area contributed by atoms with E-state index in [-0.39, 0.29) is 11.1 Å². The zero-order valence-electron chi connectivity index (χ0n) is 18.1. The van der Waals surface area contributed by atoms with Gasteiger partial charge in [0.1, 0.15) is 17.7 Å². The van der Waals surface area contributed by atoms with Crippen molar-refractivity contribution in [2.75, 3.05) is 19.3 Å². The molecule has 0 aliphatic carbocycles. The molecule has 11 heteroatoms. The van der Waals surface area contributed by atoms with Crippen LogP contribution in [0.1, 0.15) is 37.5 Å². The molecular formula is C22H23Cl2FN4O3S. The average molecular weight is 513 g/mol. The Morgan fingerprint density at radius 1 is 1.15 bits per heavy atom. The SMILES string of the molecule is C[C@@H](Oc1cncc(-c2cnn(C3CCN(S(C)(=O)=O)CC3)c2)c1)c1c(Cl)ccc(F)c1Cl. The van der Waals surface area contributed by atoms with Gasteiger partial charge in [0.15, 0.2) is 0 Å². The van der Waals surface area contributed by atoms with E-state index in [1.54, 1.807) is 25.5 Å². The van der Waals surface area contributed by atoms with E-state index < -0.39 is 21.9 Å². The molecule has 7 nitrogen and oxygen atoms in total. The molecule has 4 rings (SSSR count). The largest absolute Gasteiger partial charge is 0.484 e. The molecule has 1 aliphatic rings. The molecule has 3 heterocycles. The lowest BCUT2D eigenvalue weighted by molar-refractivity contribution is 0.226. The summed E-state index contributed by atoms with van der Waals surface area (Å²) in [6, 6.07) is 4.60. The van der Waals surface area contributed by atoms with E-state index >= 15 is 0 Å². The van der Waals surface area contributed by atoms with Crippen molar-refractivity contribution < 1.29 is 17.5 Å². The molecule has 176 valence electrons. The third kappa shape index (κ3) is 5.32. The molecule has 0 radical (unpaired) electrons. The summed E-state index contributed by atoms with van der Waals surface area (Å²) in [4.78, 5) is 4.25. The number of rotatable bonds is 6. The second-order valence-corrected chi connectivity index (χ2v) is 10.8. The van der Waals surface area contributed by atoms with Gasteiger partial charge in [-0.25, -0.2) is 17.1 Å². The van der Waals surface area contributed by atoms with Crippen LogP contribution in [0.3, 0.4) is 0 Å². The molecule has 33 heavy (non-hydrogen) atoms. The monoisotopic (exact) mass is 512 g/mol. The number of benzene rings is 1. The molecule has 0 amide bonds. The Morgan fingerprint density at radius 2 is 1.88 bits per heavy atom. The van der Waals surface area contributed by atoms with Crippen LogP contribution >= 0.6 is 23.2 Å². The van der Waals surface area contributed by atoms with Crippen LogP contribution in [0.2, 0.25) is 10.0 Å². The summed E-state index contributed by atoms with van der Waals surface area (Å²) in [6.45, 7) is 2.69. The molecule has 1 atom stereocenters. The molecular weight excluding hydrogens is 490 g/mol. The van der Waals surface area contributed by atoms with Crippen LogP contribution < -0.4 is 4.74 Å². The molecule has 2 aromatic heterocycles. The van der Waals surface area contributed by atoms with E-state index in [9.17, 15) is 12.8 Å². The maximum atomic E-state index is 13.9. The van der Waals surface area contributed by atoms with Crippen LogP contribution in [0, 0.1) is 5.82 Å². The lowest BCUT2D eigenvalue weighted by Gasteiger charge is -2.30. The molecule has 0 N–H and O–H groups in total. The van der Waals surface area contributed by atoms with Gasteiger partial charge >= 0.3 is 0 Å². The summed E-state index contributed by atoms with van der Waals surface area (Å²) in [6.07, 6.45) is 8.96. The van der Waals surface area contributed by atoms with Gasteiger partial charge < -0.3 is 4.74 Å². The van der Waals surface area contributed by atoms with Crippen LogP contribution in [-0.4, -0.2) is 46.8 Å². The van der Waals surface area contributed by atoms with Crippen LogP contribution in [0.5, 0.6) is 5.75 Å². The summed E-state index contributed by atoms with van der Waals surface area (Å²) in [7, 11) is -3.17. The van der Waals surface area contributed by atoms with Crippen molar-refractivity contribution in [3.8, 4) is 16.9 Å². The average Bonchev–Trinajstić information content (AvgIpc) is 3.27. The topological polar surface area (TPSA) is 77.3 Å². The number of piperidine rings is 1. The molecule has 0 spiro atoms. The number of ether oxygens (including phenoxy) is 1. The molecule has 1 aromatic carbocycles. The predicted octanol–water partition coefficient (Wildman–Crippen LogP) is 5.13. The van der Waals surface area contributed by atoms with Gasteiger partial charge in [-0.05, 0) is 38.0 Å². The Balaban J connectivity index is 1.48. The predicted molar refractivity (Wildman–Crippen MR) is 126 cm³/mol. The van der Waals surface area contributed by atoms with Crippen molar-refractivity contribution in [3.05, 3.63) is 64.4 Å². The number of pyridine rings is 1. The van der Waals surface area contributed by atoms with E-state index in [1.807, 2.05) is 16.9 Å². The number of nitrogens with zero attached hydrogens (tertiary/aromatic N) is 4. The zero-order valence-corrected chi connectivity index (χ0v) is 20.4. The Hall–Kier alpha value is -2.20. The quantitative estimate of drug-likeness (QED) is 0.428. The minimum atomic E-state index is -3.17. The van der Waals surface area contributed by atoms with Gasteiger partial charge in [0.25, 0.3) is 0 Å². The first kappa shape index (κ1) is 23.9. The summed E-state index contributed by atoms with van der Waals surface area (Å²) in [5.74, 6) is -0.0845. The van der Waals surface area contributed by atoms with Crippen LogP contribution in [0.15, 0.2) is 43.0 Å². The van der Waals surface area contributed by atoms with Crippen molar-refractivity contribution >= 4 is 33.2 Å². The molecule has 0 unspecified atom stereocenters. The maximum Gasteiger partial charge on any atom is 0.211 e. The molecule has 3 aromatic rings. The normalized spacial score (nSPS) is 16.6. The fraction of sp³-hybridized carbons (Fsp3) is 0.364. The van der Waals surface area contributed by atoms with Gasteiger partial charge in [-0.3, -0.25) is 9.67 Å². The Labute approximate surface area is 202 Å². The molecule has 0 bridgehead atoms. The zero-order chi connectivity index (χ0) is 23.8. The van der Waals surface area contributed by atoms with Gasteiger partial charge in [-0.15, -0.1) is 0 Å². The lowest BCUT2D eigenvalue weighted by atomic mass is 10.1. The number of hydrogen-bond donors (Lipinski definition) is 0. The number of halogens is 3. The van der Waals surface area contributed by atoms with Crippen LogP contribution in [0.4, 0.5) is 4.39 Å². The van der Waals surface area contributed by atoms with Gasteiger partial charge in [0, 0.05) is 47.2 Å². The first-order valence-corrected chi connectivity index (χ1v) is 13.0. The van der Waals surface area contributed by atoms with Crippen molar-refractivity contribution in [1.82, 2.24) is 19.1 Å². The molecule has 1 saturated heterocycles. The van der Waals surface area contributed by atoms with Gasteiger partial charge in [0.2, 0.25) is 10.0 Å². The van der Waals surface area contributed by atoms with Gasteiger partial charge in [-0.1, -0.05) is 23.2 Å². The minimum Gasteiger partial charge on any atom is -0.484 e. The Kier molecular flexibility index (Phi) is 6.95. The van der Waals surface area contributed by atoms with Crippen LogP contribution in [0.25, 0.3) is 11.1 Å². The van der Waals surface area contributed by atoms with Gasteiger partial charge in [-0.2, -0.15) is 5.10 Å². The standard InChI is InChI=1S/C22H23Cl2FN4O3S/c1-14(21-19(23)3-4-20(25)22(21)24)32-18-9-15(10-26-12-18)16-11-27-29(13-16)17-5-7-28(8-6-17)33(2,30)31/h3-4,9-14,17H,5-8H2,1-2H3/t14-/m1/s1. The third-order valence-electron chi connectivity index (χ3n) is 5.71.